The number of aromatic nitrogens is 2. The number of rotatable bonds is 9. The fraction of sp³-hybridized carbons (Fsp3) is 0.115. The van der Waals surface area contributed by atoms with E-state index in [0.717, 1.165) is 44.9 Å². The average molecular weight is 724 g/mol. The minimum Gasteiger partial charge on any atom is -0.279 e. The molecule has 4 heteroatoms. The monoisotopic (exact) mass is 723 g/mol. The predicted molar refractivity (Wildman–Crippen MR) is 239 cm³/mol. The average Bonchev–Trinajstić information content (AvgIpc) is 3.21. The second-order valence-electron chi connectivity index (χ2n) is 15.1. The van der Waals surface area contributed by atoms with Crippen LogP contribution in [0.25, 0.3) is 33.5 Å². The van der Waals surface area contributed by atoms with Crippen molar-refractivity contribution in [1.29, 1.82) is 0 Å². The van der Waals surface area contributed by atoms with Crippen molar-refractivity contribution < 1.29 is 0 Å². The summed E-state index contributed by atoms with van der Waals surface area (Å²) in [5.41, 5.74) is 20.3. The van der Waals surface area contributed by atoms with Gasteiger partial charge in [0.1, 0.15) is 0 Å². The van der Waals surface area contributed by atoms with Crippen molar-refractivity contribution in [2.24, 2.45) is 0 Å². The van der Waals surface area contributed by atoms with Gasteiger partial charge in [-0.05, 0) is 100 Å². The zero-order chi connectivity index (χ0) is 38.8. The summed E-state index contributed by atoms with van der Waals surface area (Å²) in [6.07, 6.45) is 1.87. The van der Waals surface area contributed by atoms with Crippen LogP contribution in [0.2, 0.25) is 0 Å². The van der Waals surface area contributed by atoms with E-state index in [1.807, 2.05) is 18.3 Å². The molecule has 3 nitrogen and oxygen atoms in total. The van der Waals surface area contributed by atoms with Gasteiger partial charge in [-0.3, -0.25) is 4.90 Å². The Bertz CT molecular complexity index is 2470. The van der Waals surface area contributed by atoms with E-state index < -0.39 is 0 Å². The van der Waals surface area contributed by atoms with Gasteiger partial charge in [-0.25, -0.2) is 9.97 Å². The van der Waals surface area contributed by atoms with Gasteiger partial charge in [0.25, 0.3) is 0 Å². The molecule has 56 heavy (non-hydrogen) atoms. The Labute approximate surface area is 332 Å². The van der Waals surface area contributed by atoms with Gasteiger partial charge in [-0.2, -0.15) is 0 Å². The summed E-state index contributed by atoms with van der Waals surface area (Å²) in [5.74, 6) is 0.607. The molecule has 8 aromatic rings. The zero-order valence-electron chi connectivity index (χ0n) is 33.1. The zero-order valence-corrected chi connectivity index (χ0v) is 33.1. The Hall–Kier alpha value is -6.52. The third-order valence-electron chi connectivity index (χ3n) is 10.8. The van der Waals surface area contributed by atoms with Crippen LogP contribution in [-0.2, 0) is 0 Å². The number of hydrogen-bond acceptors (Lipinski definition) is 3. The summed E-state index contributed by atoms with van der Waals surface area (Å²) in [7, 11) is 0. The lowest BCUT2D eigenvalue weighted by atomic mass is 9.34. The first kappa shape index (κ1) is 36.5. The summed E-state index contributed by atoms with van der Waals surface area (Å²) in [4.78, 5) is 12.4. The van der Waals surface area contributed by atoms with Crippen molar-refractivity contribution in [3.8, 4) is 33.5 Å². The molecule has 0 fully saturated rings. The second kappa shape index (κ2) is 15.7. The molecular weight excluding hydrogens is 677 g/mol. The van der Waals surface area contributed by atoms with Gasteiger partial charge in [0, 0.05) is 17.4 Å². The molecule has 0 aliphatic heterocycles. The maximum absolute atomic E-state index is 5.23. The smallest absolute Gasteiger partial charge is 0.242 e. The van der Waals surface area contributed by atoms with Crippen molar-refractivity contribution in [3.05, 3.63) is 203 Å². The highest BCUT2D eigenvalue weighted by atomic mass is 15.3. The lowest BCUT2D eigenvalue weighted by Crippen LogP contribution is -2.55. The van der Waals surface area contributed by atoms with Crippen LogP contribution in [0.5, 0.6) is 0 Å². The molecule has 1 aromatic heterocycles. The van der Waals surface area contributed by atoms with E-state index in [1.165, 1.54) is 49.8 Å². The number of nitrogens with zero attached hydrogens (tertiary/aromatic N) is 3. The highest BCUT2D eigenvalue weighted by Crippen LogP contribution is 2.38. The van der Waals surface area contributed by atoms with E-state index in [4.69, 9.17) is 9.97 Å². The third-order valence-corrected chi connectivity index (χ3v) is 10.8. The molecule has 8 rings (SSSR count). The Morgan fingerprint density at radius 1 is 0.411 bits per heavy atom. The van der Waals surface area contributed by atoms with E-state index in [1.54, 1.807) is 0 Å². The van der Waals surface area contributed by atoms with Crippen molar-refractivity contribution in [2.75, 3.05) is 4.90 Å². The third kappa shape index (κ3) is 7.43. The molecule has 0 saturated heterocycles. The van der Waals surface area contributed by atoms with E-state index >= 15 is 0 Å². The van der Waals surface area contributed by atoms with Crippen molar-refractivity contribution in [3.63, 3.8) is 0 Å². The van der Waals surface area contributed by atoms with E-state index in [-0.39, 0.29) is 6.71 Å². The summed E-state index contributed by atoms with van der Waals surface area (Å²) in [6, 6.07) is 58.7. The Balaban J connectivity index is 1.34. The minimum atomic E-state index is 0.0717. The molecule has 0 radical (unpaired) electrons. The Kier molecular flexibility index (Phi) is 10.2. The molecule has 0 saturated carbocycles. The molecule has 0 amide bonds. The molecule has 0 aliphatic rings. The van der Waals surface area contributed by atoms with Crippen LogP contribution in [0.3, 0.4) is 0 Å². The highest BCUT2D eigenvalue weighted by Gasteiger charge is 2.29. The van der Waals surface area contributed by atoms with Gasteiger partial charge < -0.3 is 0 Å². The molecule has 0 atom stereocenters. The molecular formula is C52H46BN3. The summed E-state index contributed by atoms with van der Waals surface area (Å²) < 4.78 is 0. The highest BCUT2D eigenvalue weighted by molar-refractivity contribution is 6.96. The first-order valence-electron chi connectivity index (χ1n) is 19.4. The van der Waals surface area contributed by atoms with E-state index in [2.05, 4.69) is 198 Å². The van der Waals surface area contributed by atoms with Crippen LogP contribution >= 0.6 is 0 Å². The number of hydrogen-bond donors (Lipinski definition) is 0. The SMILES string of the molecule is Cc1cc(C)c(B(c2ccc(N(c3cc(-c4ccccc4)cc(-c4ccccc4)c3)c3nccc(-c4ccccc4)n3)cc2)c2c(C)cc(C)cc2C)c(C)c1. The summed E-state index contributed by atoms with van der Waals surface area (Å²) in [6.45, 7) is 13.5. The Morgan fingerprint density at radius 3 is 1.32 bits per heavy atom. The van der Waals surface area contributed by atoms with Gasteiger partial charge in [0.15, 0.2) is 0 Å². The van der Waals surface area contributed by atoms with Crippen LogP contribution in [0.4, 0.5) is 17.3 Å². The van der Waals surface area contributed by atoms with Gasteiger partial charge in [-0.15, -0.1) is 0 Å². The van der Waals surface area contributed by atoms with Gasteiger partial charge in [0.05, 0.1) is 11.4 Å². The van der Waals surface area contributed by atoms with Crippen molar-refractivity contribution in [1.82, 2.24) is 9.97 Å². The maximum atomic E-state index is 5.23. The van der Waals surface area contributed by atoms with Gasteiger partial charge in [-0.1, -0.05) is 177 Å². The second-order valence-corrected chi connectivity index (χ2v) is 15.1. The summed E-state index contributed by atoms with van der Waals surface area (Å²) >= 11 is 0. The quantitative estimate of drug-likeness (QED) is 0.139. The number of anilines is 3. The molecule has 0 bridgehead atoms. The number of benzene rings is 7. The maximum Gasteiger partial charge on any atom is 0.242 e. The fourth-order valence-electron chi connectivity index (χ4n) is 8.53. The van der Waals surface area contributed by atoms with Crippen LogP contribution in [0.15, 0.2) is 170 Å². The van der Waals surface area contributed by atoms with Gasteiger partial charge >= 0.3 is 0 Å². The fourth-order valence-corrected chi connectivity index (χ4v) is 8.53. The van der Waals surface area contributed by atoms with Crippen LogP contribution in [0, 0.1) is 41.5 Å². The Morgan fingerprint density at radius 2 is 0.857 bits per heavy atom. The molecule has 0 unspecified atom stereocenters. The molecule has 1 heterocycles. The standard InChI is InChI=1S/C52H46BN3/c1-35-28-37(3)50(38(4)29-35)53(51-39(5)30-36(2)31-40(51)6)46-22-24-47(25-23-46)56(52-54-27-26-49(55-52)43-20-14-9-15-21-43)48-33-44(41-16-10-7-11-17-41)32-45(34-48)42-18-12-8-13-19-42/h7-34H,1-6H3. The normalized spacial score (nSPS) is 11.0. The number of aryl methyl sites for hydroxylation is 6. The molecule has 0 spiro atoms. The lowest BCUT2D eigenvalue weighted by Gasteiger charge is -2.27. The molecule has 272 valence electrons. The van der Waals surface area contributed by atoms with Crippen LogP contribution < -0.4 is 21.3 Å². The first-order chi connectivity index (χ1) is 27.2. The van der Waals surface area contributed by atoms with Crippen LogP contribution in [-0.4, -0.2) is 16.7 Å². The predicted octanol–water partition coefficient (Wildman–Crippen LogP) is 11.3. The molecule has 7 aromatic carbocycles. The largest absolute Gasteiger partial charge is 0.279 e. The van der Waals surface area contributed by atoms with Crippen LogP contribution in [0.1, 0.15) is 33.4 Å². The molecule has 0 N–H and O–H groups in total. The lowest BCUT2D eigenvalue weighted by molar-refractivity contribution is 1.08. The molecule has 0 aliphatic carbocycles. The van der Waals surface area contributed by atoms with Gasteiger partial charge in [0.2, 0.25) is 12.7 Å². The van der Waals surface area contributed by atoms with E-state index in [9.17, 15) is 0 Å². The van der Waals surface area contributed by atoms with Crippen molar-refractivity contribution >= 4 is 40.4 Å². The first-order valence-corrected chi connectivity index (χ1v) is 19.4. The minimum absolute atomic E-state index is 0.0717. The topological polar surface area (TPSA) is 29.0 Å². The summed E-state index contributed by atoms with van der Waals surface area (Å²) in [5, 5.41) is 0. The van der Waals surface area contributed by atoms with Crippen molar-refractivity contribution in [2.45, 2.75) is 41.5 Å². The van der Waals surface area contributed by atoms with E-state index in [0.29, 0.717) is 5.95 Å².